The second-order valence-corrected chi connectivity index (χ2v) is 4.02. The summed E-state index contributed by atoms with van der Waals surface area (Å²) in [5, 5.41) is 17.0. The van der Waals surface area contributed by atoms with Crippen molar-refractivity contribution in [1.29, 1.82) is 0 Å². The molecule has 1 unspecified atom stereocenters. The smallest absolute Gasteiger partial charge is 0.0785 e. The molecule has 0 bridgehead atoms. The second kappa shape index (κ2) is 5.34. The monoisotopic (exact) mass is 217 g/mol. The van der Waals surface area contributed by atoms with Crippen molar-refractivity contribution < 1.29 is 5.11 Å². The summed E-state index contributed by atoms with van der Waals surface area (Å²) in [5.41, 5.74) is 0. The quantitative estimate of drug-likeness (QED) is 0.771. The minimum absolute atomic E-state index is 0.0194. The number of halogens is 1. The summed E-state index contributed by atoms with van der Waals surface area (Å²) in [6, 6.07) is 0.365. The molecule has 0 aliphatic carbocycles. The molecule has 0 saturated heterocycles. The van der Waals surface area contributed by atoms with Gasteiger partial charge in [0.1, 0.15) is 0 Å². The van der Waals surface area contributed by atoms with Crippen molar-refractivity contribution in [2.24, 2.45) is 0 Å². The Morgan fingerprint density at radius 3 is 2.79 bits per heavy atom. The standard InChI is InChI=1S/C9H16ClN3O/c1-7(2)12-9(6-14)5-13-4-8(10)3-11-13/h3-4,7,9,12,14H,5-6H2,1-2H3. The van der Waals surface area contributed by atoms with Crippen LogP contribution in [0, 0.1) is 0 Å². The van der Waals surface area contributed by atoms with Crippen molar-refractivity contribution in [3.05, 3.63) is 17.4 Å². The summed E-state index contributed by atoms with van der Waals surface area (Å²) in [5.74, 6) is 0. The van der Waals surface area contributed by atoms with Gasteiger partial charge in [-0.3, -0.25) is 4.68 Å². The molecule has 5 heteroatoms. The molecule has 0 aromatic carbocycles. The van der Waals surface area contributed by atoms with E-state index in [1.165, 1.54) is 0 Å². The normalized spacial score (nSPS) is 13.5. The molecule has 0 radical (unpaired) electrons. The largest absolute Gasteiger partial charge is 0.395 e. The fraction of sp³-hybridized carbons (Fsp3) is 0.667. The van der Waals surface area contributed by atoms with E-state index in [2.05, 4.69) is 10.4 Å². The number of aliphatic hydroxyl groups is 1. The highest BCUT2D eigenvalue weighted by atomic mass is 35.5. The number of rotatable bonds is 5. The highest BCUT2D eigenvalue weighted by Gasteiger charge is 2.09. The minimum atomic E-state index is 0.0194. The van der Waals surface area contributed by atoms with Crippen LogP contribution in [-0.2, 0) is 6.54 Å². The zero-order valence-electron chi connectivity index (χ0n) is 8.44. The van der Waals surface area contributed by atoms with Crippen molar-refractivity contribution in [2.75, 3.05) is 6.61 Å². The molecule has 4 nitrogen and oxygen atoms in total. The van der Waals surface area contributed by atoms with Crippen LogP contribution < -0.4 is 5.32 Å². The van der Waals surface area contributed by atoms with E-state index in [0.717, 1.165) is 0 Å². The molecular weight excluding hydrogens is 202 g/mol. The summed E-state index contributed by atoms with van der Waals surface area (Å²) in [7, 11) is 0. The summed E-state index contributed by atoms with van der Waals surface area (Å²) in [4.78, 5) is 0. The Kier molecular flexibility index (Phi) is 4.38. The summed E-state index contributed by atoms with van der Waals surface area (Å²) >= 11 is 5.73. The predicted molar refractivity (Wildman–Crippen MR) is 56.4 cm³/mol. The van der Waals surface area contributed by atoms with E-state index in [0.29, 0.717) is 17.6 Å². The van der Waals surface area contributed by atoms with Gasteiger partial charge in [-0.15, -0.1) is 0 Å². The summed E-state index contributed by atoms with van der Waals surface area (Å²) in [6.45, 7) is 4.80. The molecule has 0 spiro atoms. The molecule has 14 heavy (non-hydrogen) atoms. The highest BCUT2D eigenvalue weighted by Crippen LogP contribution is 2.05. The third-order valence-corrected chi connectivity index (χ3v) is 1.99. The maximum atomic E-state index is 9.11. The number of nitrogens with one attached hydrogen (secondary N) is 1. The van der Waals surface area contributed by atoms with Gasteiger partial charge >= 0.3 is 0 Å². The Labute approximate surface area is 88.9 Å². The van der Waals surface area contributed by atoms with Gasteiger partial charge in [0.2, 0.25) is 0 Å². The topological polar surface area (TPSA) is 50.1 Å². The lowest BCUT2D eigenvalue weighted by molar-refractivity contribution is 0.218. The van der Waals surface area contributed by atoms with Gasteiger partial charge in [0.15, 0.2) is 0 Å². The SMILES string of the molecule is CC(C)NC(CO)Cn1cc(Cl)cn1. The van der Waals surface area contributed by atoms with Crippen LogP contribution in [0.25, 0.3) is 0 Å². The molecule has 0 saturated carbocycles. The average molecular weight is 218 g/mol. The summed E-state index contributed by atoms with van der Waals surface area (Å²) in [6.07, 6.45) is 3.33. The Hall–Kier alpha value is -0.580. The predicted octanol–water partition coefficient (Wildman–Crippen LogP) is 0.895. The number of aliphatic hydroxyl groups excluding tert-OH is 1. The molecule has 0 fully saturated rings. The van der Waals surface area contributed by atoms with Crippen molar-refractivity contribution >= 4 is 11.6 Å². The van der Waals surface area contributed by atoms with Crippen LogP contribution in [0.4, 0.5) is 0 Å². The van der Waals surface area contributed by atoms with Gasteiger partial charge in [0, 0.05) is 18.3 Å². The van der Waals surface area contributed by atoms with Crippen LogP contribution >= 0.6 is 11.6 Å². The number of nitrogens with zero attached hydrogens (tertiary/aromatic N) is 2. The zero-order valence-corrected chi connectivity index (χ0v) is 9.20. The molecule has 1 aromatic heterocycles. The van der Waals surface area contributed by atoms with Crippen LogP contribution in [0.1, 0.15) is 13.8 Å². The van der Waals surface area contributed by atoms with E-state index < -0.39 is 0 Å². The molecule has 0 amide bonds. The minimum Gasteiger partial charge on any atom is -0.395 e. The van der Waals surface area contributed by atoms with Gasteiger partial charge in [-0.05, 0) is 0 Å². The maximum Gasteiger partial charge on any atom is 0.0785 e. The summed E-state index contributed by atoms with van der Waals surface area (Å²) < 4.78 is 1.72. The first-order valence-electron chi connectivity index (χ1n) is 4.66. The molecule has 0 aliphatic heterocycles. The fourth-order valence-corrected chi connectivity index (χ4v) is 1.45. The maximum absolute atomic E-state index is 9.11. The van der Waals surface area contributed by atoms with Crippen LogP contribution in [0.5, 0.6) is 0 Å². The first kappa shape index (κ1) is 11.5. The third-order valence-electron chi connectivity index (χ3n) is 1.80. The second-order valence-electron chi connectivity index (χ2n) is 3.58. The Bertz CT molecular complexity index is 275. The molecule has 2 N–H and O–H groups in total. The molecule has 80 valence electrons. The zero-order chi connectivity index (χ0) is 10.6. The van der Waals surface area contributed by atoms with Crippen LogP contribution in [0.15, 0.2) is 12.4 Å². The van der Waals surface area contributed by atoms with E-state index in [1.807, 2.05) is 13.8 Å². The number of hydrogen-bond donors (Lipinski definition) is 2. The molecule has 0 aliphatic rings. The van der Waals surface area contributed by atoms with Gasteiger partial charge in [0.25, 0.3) is 0 Å². The first-order chi connectivity index (χ1) is 6.61. The lowest BCUT2D eigenvalue weighted by Gasteiger charge is -2.18. The van der Waals surface area contributed by atoms with Crippen molar-refractivity contribution in [1.82, 2.24) is 15.1 Å². The lowest BCUT2D eigenvalue weighted by atomic mass is 10.2. The van der Waals surface area contributed by atoms with Crippen LogP contribution in [0.3, 0.4) is 0 Å². The van der Waals surface area contributed by atoms with Gasteiger partial charge in [-0.1, -0.05) is 25.4 Å². The van der Waals surface area contributed by atoms with Gasteiger partial charge < -0.3 is 10.4 Å². The highest BCUT2D eigenvalue weighted by molar-refractivity contribution is 6.30. The van der Waals surface area contributed by atoms with Crippen LogP contribution in [0.2, 0.25) is 5.02 Å². The van der Waals surface area contributed by atoms with Gasteiger partial charge in [0.05, 0.1) is 24.4 Å². The first-order valence-corrected chi connectivity index (χ1v) is 5.04. The fourth-order valence-electron chi connectivity index (χ4n) is 1.30. The molecule has 1 aromatic rings. The number of hydrogen-bond acceptors (Lipinski definition) is 3. The molecule has 1 heterocycles. The molecular formula is C9H16ClN3O. The Morgan fingerprint density at radius 2 is 2.36 bits per heavy atom. The Balaban J connectivity index is 2.48. The van der Waals surface area contributed by atoms with E-state index in [1.54, 1.807) is 17.1 Å². The van der Waals surface area contributed by atoms with Gasteiger partial charge in [-0.25, -0.2) is 0 Å². The average Bonchev–Trinajstić information content (AvgIpc) is 2.49. The number of aromatic nitrogens is 2. The third kappa shape index (κ3) is 3.65. The lowest BCUT2D eigenvalue weighted by Crippen LogP contribution is -2.40. The van der Waals surface area contributed by atoms with E-state index >= 15 is 0 Å². The van der Waals surface area contributed by atoms with E-state index in [4.69, 9.17) is 16.7 Å². The van der Waals surface area contributed by atoms with Crippen LogP contribution in [-0.4, -0.2) is 33.6 Å². The van der Waals surface area contributed by atoms with Crippen molar-refractivity contribution in [2.45, 2.75) is 32.5 Å². The molecule has 1 rings (SSSR count). The van der Waals surface area contributed by atoms with Gasteiger partial charge in [-0.2, -0.15) is 5.10 Å². The van der Waals surface area contributed by atoms with Crippen molar-refractivity contribution in [3.8, 4) is 0 Å². The van der Waals surface area contributed by atoms with E-state index in [-0.39, 0.29) is 12.6 Å². The Morgan fingerprint density at radius 1 is 1.64 bits per heavy atom. The van der Waals surface area contributed by atoms with E-state index in [9.17, 15) is 0 Å². The van der Waals surface area contributed by atoms with Crippen molar-refractivity contribution in [3.63, 3.8) is 0 Å². The molecule has 1 atom stereocenters.